The van der Waals surface area contributed by atoms with Crippen molar-refractivity contribution in [1.29, 1.82) is 0 Å². The molecule has 1 N–H and O–H groups in total. The predicted octanol–water partition coefficient (Wildman–Crippen LogP) is 6.39. The van der Waals surface area contributed by atoms with E-state index in [0.717, 1.165) is 75.3 Å². The molecular formula is C29H41N3O2. The Balaban J connectivity index is 1.46. The van der Waals surface area contributed by atoms with Crippen molar-refractivity contribution in [2.24, 2.45) is 5.41 Å². The first-order valence-corrected chi connectivity index (χ1v) is 12.7. The van der Waals surface area contributed by atoms with Gasteiger partial charge in [0.05, 0.1) is 17.6 Å². The molecule has 0 unspecified atom stereocenters. The molecule has 2 aromatic carbocycles. The van der Waals surface area contributed by atoms with Gasteiger partial charge in [0.25, 0.3) is 0 Å². The van der Waals surface area contributed by atoms with Crippen molar-refractivity contribution >= 4 is 16.9 Å². The van der Waals surface area contributed by atoms with Crippen LogP contribution in [0.3, 0.4) is 0 Å². The van der Waals surface area contributed by atoms with Crippen LogP contribution in [0, 0.1) is 19.3 Å². The van der Waals surface area contributed by atoms with Crippen LogP contribution in [-0.4, -0.2) is 28.6 Å². The molecule has 0 atom stereocenters. The molecule has 34 heavy (non-hydrogen) atoms. The van der Waals surface area contributed by atoms with Gasteiger partial charge in [-0.1, -0.05) is 45.4 Å². The van der Waals surface area contributed by atoms with Gasteiger partial charge in [-0.15, -0.1) is 0 Å². The summed E-state index contributed by atoms with van der Waals surface area (Å²) in [6.07, 6.45) is 6.17. The van der Waals surface area contributed by atoms with Crippen LogP contribution in [-0.2, 0) is 17.8 Å². The fourth-order valence-corrected chi connectivity index (χ4v) is 3.98. The molecule has 0 bridgehead atoms. The predicted molar refractivity (Wildman–Crippen MR) is 140 cm³/mol. The third kappa shape index (κ3) is 7.34. The number of aromatic nitrogens is 2. The zero-order chi connectivity index (χ0) is 24.6. The zero-order valence-electron chi connectivity index (χ0n) is 21.6. The summed E-state index contributed by atoms with van der Waals surface area (Å²) in [5, 5.41) is 3.04. The highest BCUT2D eigenvalue weighted by molar-refractivity contribution is 5.81. The van der Waals surface area contributed by atoms with Crippen molar-refractivity contribution in [3.05, 3.63) is 59.4 Å². The number of para-hydroxylation sites is 2. The summed E-state index contributed by atoms with van der Waals surface area (Å²) in [4.78, 5) is 16.9. The average Bonchev–Trinajstić information content (AvgIpc) is 3.14. The second kappa shape index (κ2) is 12.0. The summed E-state index contributed by atoms with van der Waals surface area (Å²) in [7, 11) is 0. The second-order valence-electron chi connectivity index (χ2n) is 10.3. The van der Waals surface area contributed by atoms with Crippen LogP contribution in [0.5, 0.6) is 5.75 Å². The molecule has 184 valence electrons. The van der Waals surface area contributed by atoms with Crippen molar-refractivity contribution in [1.82, 2.24) is 14.9 Å². The number of fused-ring (bicyclic) bond motifs is 1. The van der Waals surface area contributed by atoms with Gasteiger partial charge in [0.15, 0.2) is 0 Å². The Kier molecular flexibility index (Phi) is 9.14. The lowest BCUT2D eigenvalue weighted by atomic mass is 9.96. The third-order valence-corrected chi connectivity index (χ3v) is 6.30. The number of hydrogen-bond donors (Lipinski definition) is 1. The Hall–Kier alpha value is -2.82. The van der Waals surface area contributed by atoms with E-state index in [1.165, 1.54) is 16.6 Å². The number of ether oxygens (including phenoxy) is 1. The van der Waals surface area contributed by atoms with Gasteiger partial charge in [-0.3, -0.25) is 4.79 Å². The number of aryl methyl sites for hydroxylation is 4. The molecule has 5 nitrogen and oxygen atoms in total. The van der Waals surface area contributed by atoms with Crippen molar-refractivity contribution < 1.29 is 9.53 Å². The van der Waals surface area contributed by atoms with Crippen molar-refractivity contribution in [2.75, 3.05) is 13.2 Å². The maximum atomic E-state index is 12.0. The van der Waals surface area contributed by atoms with Gasteiger partial charge in [-0.2, -0.15) is 0 Å². The maximum absolute atomic E-state index is 12.0. The minimum absolute atomic E-state index is 0.121. The Morgan fingerprint density at radius 3 is 2.53 bits per heavy atom. The van der Waals surface area contributed by atoms with Crippen molar-refractivity contribution in [3.8, 4) is 5.75 Å². The molecule has 1 amide bonds. The normalized spacial score (nSPS) is 11.7. The molecule has 5 heteroatoms. The topological polar surface area (TPSA) is 56.1 Å². The van der Waals surface area contributed by atoms with Crippen LogP contribution in [0.25, 0.3) is 11.0 Å². The van der Waals surface area contributed by atoms with Crippen LogP contribution < -0.4 is 10.1 Å². The summed E-state index contributed by atoms with van der Waals surface area (Å²) < 4.78 is 8.35. The lowest BCUT2D eigenvalue weighted by Crippen LogP contribution is -2.35. The number of nitrogens with one attached hydrogen (secondary N) is 1. The number of benzene rings is 2. The Labute approximate surface area is 204 Å². The Morgan fingerprint density at radius 1 is 0.971 bits per heavy atom. The number of unbranched alkanes of at least 4 members (excludes halogenated alkanes) is 3. The number of imidazole rings is 1. The molecule has 0 aliphatic carbocycles. The molecular weight excluding hydrogens is 422 g/mol. The lowest BCUT2D eigenvalue weighted by Gasteiger charge is -2.17. The molecule has 0 aliphatic heterocycles. The van der Waals surface area contributed by atoms with E-state index in [4.69, 9.17) is 9.72 Å². The second-order valence-corrected chi connectivity index (χ2v) is 10.3. The van der Waals surface area contributed by atoms with E-state index in [1.807, 2.05) is 20.8 Å². The van der Waals surface area contributed by atoms with E-state index < -0.39 is 0 Å². The fourth-order valence-electron chi connectivity index (χ4n) is 3.98. The van der Waals surface area contributed by atoms with Gasteiger partial charge < -0.3 is 14.6 Å². The van der Waals surface area contributed by atoms with E-state index in [1.54, 1.807) is 0 Å². The molecule has 1 heterocycles. The van der Waals surface area contributed by atoms with E-state index in [-0.39, 0.29) is 11.3 Å². The summed E-state index contributed by atoms with van der Waals surface area (Å²) in [5.41, 5.74) is 4.52. The number of carbonyl (C=O) groups excluding carboxylic acids is 1. The minimum atomic E-state index is -0.324. The average molecular weight is 464 g/mol. The number of hydrogen-bond acceptors (Lipinski definition) is 3. The lowest BCUT2D eigenvalue weighted by molar-refractivity contribution is -0.128. The monoisotopic (exact) mass is 463 g/mol. The molecule has 0 saturated heterocycles. The van der Waals surface area contributed by atoms with Crippen molar-refractivity contribution in [2.45, 2.75) is 79.7 Å². The van der Waals surface area contributed by atoms with Crippen molar-refractivity contribution in [3.63, 3.8) is 0 Å². The summed E-state index contributed by atoms with van der Waals surface area (Å²) in [6.45, 7) is 12.5. The van der Waals surface area contributed by atoms with Crippen LogP contribution in [0.1, 0.15) is 69.8 Å². The first-order valence-electron chi connectivity index (χ1n) is 12.7. The SMILES string of the molecule is Cc1ccc(OCCCCn2c(CCCCCNC(=O)C(C)(C)C)nc3ccccc32)cc1C. The van der Waals surface area contributed by atoms with E-state index in [2.05, 4.69) is 66.2 Å². The quantitative estimate of drug-likeness (QED) is 0.317. The minimum Gasteiger partial charge on any atom is -0.494 e. The molecule has 0 fully saturated rings. The van der Waals surface area contributed by atoms with Gasteiger partial charge in [-0.25, -0.2) is 4.98 Å². The molecule has 0 spiro atoms. The van der Waals surface area contributed by atoms with Gasteiger partial charge in [0.2, 0.25) is 5.91 Å². The summed E-state index contributed by atoms with van der Waals surface area (Å²) in [5.74, 6) is 2.24. The molecule has 1 aromatic heterocycles. The fraction of sp³-hybridized carbons (Fsp3) is 0.517. The van der Waals surface area contributed by atoms with Crippen LogP contribution >= 0.6 is 0 Å². The standard InChI is InChI=1S/C29H41N3O2/c1-22-16-17-24(21-23(22)2)34-20-12-11-19-32-26-14-9-8-13-25(26)31-27(32)15-7-6-10-18-30-28(33)29(3,4)5/h8-9,13-14,16-17,21H,6-7,10-12,15,18-20H2,1-5H3,(H,30,33). The van der Waals surface area contributed by atoms with Crippen LogP contribution in [0.2, 0.25) is 0 Å². The van der Waals surface area contributed by atoms with E-state index in [9.17, 15) is 4.79 Å². The summed E-state index contributed by atoms with van der Waals surface area (Å²) in [6, 6.07) is 14.7. The van der Waals surface area contributed by atoms with Crippen LogP contribution in [0.15, 0.2) is 42.5 Å². The number of carbonyl (C=O) groups is 1. The molecule has 3 aromatic rings. The highest BCUT2D eigenvalue weighted by atomic mass is 16.5. The zero-order valence-corrected chi connectivity index (χ0v) is 21.6. The molecule has 0 aliphatic rings. The number of amides is 1. The smallest absolute Gasteiger partial charge is 0.225 e. The van der Waals surface area contributed by atoms with Crippen LogP contribution in [0.4, 0.5) is 0 Å². The summed E-state index contributed by atoms with van der Waals surface area (Å²) >= 11 is 0. The number of nitrogens with zero attached hydrogens (tertiary/aromatic N) is 2. The van der Waals surface area contributed by atoms with E-state index >= 15 is 0 Å². The maximum Gasteiger partial charge on any atom is 0.225 e. The van der Waals surface area contributed by atoms with Gasteiger partial charge in [0, 0.05) is 24.9 Å². The first-order chi connectivity index (χ1) is 16.3. The van der Waals surface area contributed by atoms with Gasteiger partial charge >= 0.3 is 0 Å². The Bertz CT molecular complexity index is 1080. The largest absolute Gasteiger partial charge is 0.494 e. The Morgan fingerprint density at radius 2 is 1.76 bits per heavy atom. The highest BCUT2D eigenvalue weighted by Gasteiger charge is 2.20. The first kappa shape index (κ1) is 25.8. The van der Waals surface area contributed by atoms with Gasteiger partial charge in [0.1, 0.15) is 11.6 Å². The van der Waals surface area contributed by atoms with E-state index in [0.29, 0.717) is 0 Å². The van der Waals surface area contributed by atoms with Gasteiger partial charge in [-0.05, 0) is 74.9 Å². The molecule has 0 radical (unpaired) electrons. The highest BCUT2D eigenvalue weighted by Crippen LogP contribution is 2.20. The number of rotatable bonds is 12. The third-order valence-electron chi connectivity index (χ3n) is 6.30. The molecule has 3 rings (SSSR count). The molecule has 0 saturated carbocycles.